The van der Waals surface area contributed by atoms with E-state index in [9.17, 15) is 4.79 Å². The molecule has 0 radical (unpaired) electrons. The maximum Gasteiger partial charge on any atom is 0.130 e. The van der Waals surface area contributed by atoms with E-state index in [-0.39, 0.29) is 0 Å². The summed E-state index contributed by atoms with van der Waals surface area (Å²) < 4.78 is 0. The number of nitrogens with zero attached hydrogens (tertiary/aromatic N) is 1. The molecule has 0 spiro atoms. The zero-order valence-electron chi connectivity index (χ0n) is 7.00. The summed E-state index contributed by atoms with van der Waals surface area (Å²) in [6.07, 6.45) is 0.903. The van der Waals surface area contributed by atoms with Crippen molar-refractivity contribution in [2.75, 3.05) is 0 Å². The van der Waals surface area contributed by atoms with E-state index in [1.807, 2.05) is 19.9 Å². The SMILES string of the molecule is CC(C)(C=O)c1cc(C#N)cs1. The molecular weight excluding hydrogens is 170 g/mol. The van der Waals surface area contributed by atoms with Crippen LogP contribution in [0, 0.1) is 11.3 Å². The van der Waals surface area contributed by atoms with E-state index in [2.05, 4.69) is 0 Å². The molecule has 0 aliphatic heterocycles. The molecule has 0 aliphatic rings. The van der Waals surface area contributed by atoms with E-state index in [4.69, 9.17) is 5.26 Å². The Morgan fingerprint density at radius 2 is 2.33 bits per heavy atom. The molecule has 0 aliphatic carbocycles. The fourth-order valence-electron chi connectivity index (χ4n) is 0.791. The van der Waals surface area contributed by atoms with Crippen molar-refractivity contribution >= 4 is 17.6 Å². The lowest BCUT2D eigenvalue weighted by molar-refractivity contribution is -0.111. The van der Waals surface area contributed by atoms with Crippen LogP contribution in [0.5, 0.6) is 0 Å². The number of rotatable bonds is 2. The Morgan fingerprint density at radius 1 is 1.67 bits per heavy atom. The largest absolute Gasteiger partial charge is 0.302 e. The van der Waals surface area contributed by atoms with E-state index in [1.54, 1.807) is 11.4 Å². The van der Waals surface area contributed by atoms with Crippen LogP contribution in [-0.2, 0) is 10.2 Å². The zero-order chi connectivity index (χ0) is 9.19. The van der Waals surface area contributed by atoms with Crippen LogP contribution in [-0.4, -0.2) is 6.29 Å². The second kappa shape index (κ2) is 3.08. The molecule has 0 bridgehead atoms. The summed E-state index contributed by atoms with van der Waals surface area (Å²) in [6, 6.07) is 3.80. The van der Waals surface area contributed by atoms with Crippen molar-refractivity contribution in [3.05, 3.63) is 21.9 Å². The van der Waals surface area contributed by atoms with Gasteiger partial charge in [-0.1, -0.05) is 0 Å². The number of carbonyl (C=O) groups excluding carboxylic acids is 1. The monoisotopic (exact) mass is 179 g/mol. The average molecular weight is 179 g/mol. The van der Waals surface area contributed by atoms with Gasteiger partial charge in [0.1, 0.15) is 12.4 Å². The van der Waals surface area contributed by atoms with Crippen LogP contribution < -0.4 is 0 Å². The predicted molar refractivity (Wildman–Crippen MR) is 48.1 cm³/mol. The van der Waals surface area contributed by atoms with Gasteiger partial charge in [-0.05, 0) is 19.9 Å². The van der Waals surface area contributed by atoms with Gasteiger partial charge in [0.25, 0.3) is 0 Å². The lowest BCUT2D eigenvalue weighted by atomic mass is 9.93. The molecule has 1 aromatic rings. The number of nitriles is 1. The molecule has 12 heavy (non-hydrogen) atoms. The number of aldehydes is 1. The van der Waals surface area contributed by atoms with Gasteiger partial charge in [0.15, 0.2) is 0 Å². The standard InChI is InChI=1S/C9H9NOS/c1-9(2,6-11)8-3-7(4-10)5-12-8/h3,5-6H,1-2H3. The first-order chi connectivity index (χ1) is 5.60. The van der Waals surface area contributed by atoms with Crippen molar-refractivity contribution in [1.82, 2.24) is 0 Å². The molecule has 0 amide bonds. The topological polar surface area (TPSA) is 40.9 Å². The minimum absolute atomic E-state index is 0.459. The minimum Gasteiger partial charge on any atom is -0.302 e. The molecule has 1 heterocycles. The molecule has 0 atom stereocenters. The normalized spacial score (nSPS) is 10.8. The summed E-state index contributed by atoms with van der Waals surface area (Å²) in [7, 11) is 0. The minimum atomic E-state index is -0.459. The molecule has 1 aromatic heterocycles. The molecule has 0 unspecified atom stereocenters. The van der Waals surface area contributed by atoms with E-state index in [0.717, 1.165) is 11.2 Å². The Hall–Kier alpha value is -1.14. The number of thiophene rings is 1. The molecule has 0 aromatic carbocycles. The molecule has 3 heteroatoms. The fourth-order valence-corrected chi connectivity index (χ4v) is 1.71. The average Bonchev–Trinajstić information content (AvgIpc) is 2.52. The number of carbonyl (C=O) groups is 1. The molecule has 2 nitrogen and oxygen atoms in total. The Labute approximate surface area is 75.5 Å². The van der Waals surface area contributed by atoms with Gasteiger partial charge in [0.05, 0.1) is 11.0 Å². The van der Waals surface area contributed by atoms with Gasteiger partial charge in [-0.3, -0.25) is 0 Å². The lowest BCUT2D eigenvalue weighted by Gasteiger charge is -2.13. The summed E-state index contributed by atoms with van der Waals surface area (Å²) >= 11 is 1.45. The molecule has 0 N–H and O–H groups in total. The van der Waals surface area contributed by atoms with Crippen LogP contribution in [0.1, 0.15) is 24.3 Å². The van der Waals surface area contributed by atoms with Crippen molar-refractivity contribution in [3.63, 3.8) is 0 Å². The van der Waals surface area contributed by atoms with Crippen LogP contribution in [0.25, 0.3) is 0 Å². The maximum atomic E-state index is 10.6. The maximum absolute atomic E-state index is 10.6. The highest BCUT2D eigenvalue weighted by atomic mass is 32.1. The Balaban J connectivity index is 3.05. The first kappa shape index (κ1) is 8.95. The van der Waals surface area contributed by atoms with Crippen LogP contribution >= 0.6 is 11.3 Å². The second-order valence-corrected chi connectivity index (χ2v) is 4.06. The van der Waals surface area contributed by atoms with Gasteiger partial charge < -0.3 is 4.79 Å². The molecule has 62 valence electrons. The van der Waals surface area contributed by atoms with Gasteiger partial charge in [0, 0.05) is 10.3 Å². The predicted octanol–water partition coefficient (Wildman–Crippen LogP) is 2.10. The molecule has 0 saturated carbocycles. The van der Waals surface area contributed by atoms with Crippen LogP contribution in [0.3, 0.4) is 0 Å². The first-order valence-corrected chi connectivity index (χ1v) is 4.43. The second-order valence-electron chi connectivity index (χ2n) is 3.15. The lowest BCUT2D eigenvalue weighted by Crippen LogP contribution is -2.16. The van der Waals surface area contributed by atoms with Gasteiger partial charge >= 0.3 is 0 Å². The zero-order valence-corrected chi connectivity index (χ0v) is 7.81. The Bertz CT molecular complexity index is 333. The van der Waals surface area contributed by atoms with Gasteiger partial charge in [-0.25, -0.2) is 0 Å². The van der Waals surface area contributed by atoms with E-state index in [1.165, 1.54) is 11.3 Å². The third-order valence-corrected chi connectivity index (χ3v) is 2.93. The van der Waals surface area contributed by atoms with Gasteiger partial charge in [-0.15, -0.1) is 11.3 Å². The number of hydrogen-bond acceptors (Lipinski definition) is 3. The Kier molecular flexibility index (Phi) is 2.30. The van der Waals surface area contributed by atoms with Crippen molar-refractivity contribution < 1.29 is 4.79 Å². The molecule has 1 rings (SSSR count). The summed E-state index contributed by atoms with van der Waals surface area (Å²) in [5.41, 5.74) is 0.171. The summed E-state index contributed by atoms with van der Waals surface area (Å²) in [5, 5.41) is 10.3. The number of hydrogen-bond donors (Lipinski definition) is 0. The summed E-state index contributed by atoms with van der Waals surface area (Å²) in [4.78, 5) is 11.6. The van der Waals surface area contributed by atoms with E-state index in [0.29, 0.717) is 5.56 Å². The van der Waals surface area contributed by atoms with Crippen molar-refractivity contribution in [3.8, 4) is 6.07 Å². The summed E-state index contributed by atoms with van der Waals surface area (Å²) in [5.74, 6) is 0. The van der Waals surface area contributed by atoms with Crippen molar-refractivity contribution in [1.29, 1.82) is 5.26 Å². The highest BCUT2D eigenvalue weighted by Crippen LogP contribution is 2.27. The first-order valence-electron chi connectivity index (χ1n) is 3.55. The molecule has 0 saturated heterocycles. The van der Waals surface area contributed by atoms with Crippen LogP contribution in [0.2, 0.25) is 0 Å². The van der Waals surface area contributed by atoms with Gasteiger partial charge in [-0.2, -0.15) is 5.26 Å². The third-order valence-electron chi connectivity index (χ3n) is 1.66. The van der Waals surface area contributed by atoms with Crippen LogP contribution in [0.4, 0.5) is 0 Å². The molecule has 0 fully saturated rings. The van der Waals surface area contributed by atoms with E-state index < -0.39 is 5.41 Å². The third kappa shape index (κ3) is 1.54. The van der Waals surface area contributed by atoms with Crippen LogP contribution in [0.15, 0.2) is 11.4 Å². The summed E-state index contributed by atoms with van der Waals surface area (Å²) in [6.45, 7) is 3.68. The van der Waals surface area contributed by atoms with E-state index >= 15 is 0 Å². The quantitative estimate of drug-likeness (QED) is 0.652. The van der Waals surface area contributed by atoms with Gasteiger partial charge in [0.2, 0.25) is 0 Å². The van der Waals surface area contributed by atoms with Crippen molar-refractivity contribution in [2.45, 2.75) is 19.3 Å². The molecular formula is C9H9NOS. The smallest absolute Gasteiger partial charge is 0.130 e. The highest BCUT2D eigenvalue weighted by Gasteiger charge is 2.21. The Morgan fingerprint density at radius 3 is 2.75 bits per heavy atom. The van der Waals surface area contributed by atoms with Crippen molar-refractivity contribution in [2.24, 2.45) is 0 Å². The highest BCUT2D eigenvalue weighted by molar-refractivity contribution is 7.10. The fraction of sp³-hybridized carbons (Fsp3) is 0.333.